The molecule has 0 atom stereocenters. The second-order valence-electron chi connectivity index (χ2n) is 6.40. The highest BCUT2D eigenvalue weighted by atomic mass is 16.6. The largest absolute Gasteiger partial charge is 0.478 e. The topological polar surface area (TPSA) is 75.6 Å². The van der Waals surface area contributed by atoms with Gasteiger partial charge in [0.15, 0.2) is 0 Å². The lowest BCUT2D eigenvalue weighted by atomic mass is 9.99. The van der Waals surface area contributed by atoms with E-state index >= 15 is 0 Å². The summed E-state index contributed by atoms with van der Waals surface area (Å²) in [6.45, 7) is 5.76. The average Bonchev–Trinajstić information content (AvgIpc) is 2.52. The van der Waals surface area contributed by atoms with E-state index in [-0.39, 0.29) is 5.56 Å². The molecule has 5 heteroatoms. The summed E-state index contributed by atoms with van der Waals surface area (Å²) < 4.78 is 5.18. The molecule has 0 unspecified atom stereocenters. The number of carbonyl (C=O) groups is 2. The SMILES string of the molecule is CC(C)(C)OC(=O)NCc1ccc(-c2ccccc2C(=O)O)cc1. The molecule has 24 heavy (non-hydrogen) atoms. The third-order valence-corrected chi connectivity index (χ3v) is 3.26. The van der Waals surface area contributed by atoms with Crippen molar-refractivity contribution >= 4 is 12.1 Å². The molecule has 0 heterocycles. The summed E-state index contributed by atoms with van der Waals surface area (Å²) in [4.78, 5) is 22.9. The average molecular weight is 327 g/mol. The van der Waals surface area contributed by atoms with Gasteiger partial charge in [0.05, 0.1) is 5.56 Å². The van der Waals surface area contributed by atoms with Gasteiger partial charge in [-0.2, -0.15) is 0 Å². The number of nitrogens with one attached hydrogen (secondary N) is 1. The van der Waals surface area contributed by atoms with E-state index in [9.17, 15) is 14.7 Å². The van der Waals surface area contributed by atoms with Crippen LogP contribution in [0.4, 0.5) is 4.79 Å². The monoisotopic (exact) mass is 327 g/mol. The highest BCUT2D eigenvalue weighted by molar-refractivity contribution is 5.95. The second kappa shape index (κ2) is 7.17. The van der Waals surface area contributed by atoms with Crippen LogP contribution in [0.25, 0.3) is 11.1 Å². The lowest BCUT2D eigenvalue weighted by Crippen LogP contribution is -2.32. The van der Waals surface area contributed by atoms with Crippen molar-refractivity contribution in [3.05, 3.63) is 59.7 Å². The smallest absolute Gasteiger partial charge is 0.407 e. The molecule has 126 valence electrons. The van der Waals surface area contributed by atoms with Crippen LogP contribution in [0.15, 0.2) is 48.5 Å². The molecular formula is C19H21NO4. The number of aromatic carboxylic acids is 1. The highest BCUT2D eigenvalue weighted by Crippen LogP contribution is 2.24. The fourth-order valence-electron chi connectivity index (χ4n) is 2.21. The van der Waals surface area contributed by atoms with Gasteiger partial charge in [0.25, 0.3) is 0 Å². The van der Waals surface area contributed by atoms with Crippen molar-refractivity contribution in [1.29, 1.82) is 0 Å². The molecule has 0 saturated carbocycles. The molecule has 0 fully saturated rings. The highest BCUT2D eigenvalue weighted by Gasteiger charge is 2.15. The Kier molecular flexibility index (Phi) is 5.24. The van der Waals surface area contributed by atoms with Gasteiger partial charge in [-0.15, -0.1) is 0 Å². The van der Waals surface area contributed by atoms with Gasteiger partial charge in [-0.05, 0) is 43.5 Å². The minimum Gasteiger partial charge on any atom is -0.478 e. The van der Waals surface area contributed by atoms with Crippen LogP contribution in [-0.2, 0) is 11.3 Å². The number of alkyl carbamates (subject to hydrolysis) is 1. The van der Waals surface area contributed by atoms with Crippen LogP contribution in [0.5, 0.6) is 0 Å². The van der Waals surface area contributed by atoms with Crippen molar-refractivity contribution in [2.45, 2.75) is 32.9 Å². The van der Waals surface area contributed by atoms with Crippen molar-refractivity contribution in [1.82, 2.24) is 5.32 Å². The van der Waals surface area contributed by atoms with Gasteiger partial charge in [0, 0.05) is 6.54 Å². The van der Waals surface area contributed by atoms with Crippen LogP contribution < -0.4 is 5.32 Å². The number of ether oxygens (including phenoxy) is 1. The van der Waals surface area contributed by atoms with Gasteiger partial charge in [0.2, 0.25) is 0 Å². The van der Waals surface area contributed by atoms with Crippen molar-refractivity contribution in [3.8, 4) is 11.1 Å². The number of carboxylic acid groups (broad SMARTS) is 1. The van der Waals surface area contributed by atoms with Crippen LogP contribution in [-0.4, -0.2) is 22.8 Å². The van der Waals surface area contributed by atoms with E-state index in [1.807, 2.05) is 24.3 Å². The standard InChI is InChI=1S/C19H21NO4/c1-19(2,3)24-18(23)20-12-13-8-10-14(11-9-13)15-6-4-5-7-16(15)17(21)22/h4-11H,12H2,1-3H3,(H,20,23)(H,21,22). The Morgan fingerprint density at radius 3 is 2.25 bits per heavy atom. The first-order valence-corrected chi connectivity index (χ1v) is 7.65. The first kappa shape index (κ1) is 17.5. The second-order valence-corrected chi connectivity index (χ2v) is 6.40. The van der Waals surface area contributed by atoms with E-state index in [0.29, 0.717) is 12.1 Å². The summed E-state index contributed by atoms with van der Waals surface area (Å²) in [6, 6.07) is 14.2. The maximum atomic E-state index is 11.6. The van der Waals surface area contributed by atoms with E-state index in [0.717, 1.165) is 11.1 Å². The number of benzene rings is 2. The Hall–Kier alpha value is -2.82. The third-order valence-electron chi connectivity index (χ3n) is 3.26. The molecule has 2 aromatic carbocycles. The van der Waals surface area contributed by atoms with Gasteiger partial charge < -0.3 is 15.2 Å². The molecule has 0 saturated heterocycles. The third kappa shape index (κ3) is 4.84. The van der Waals surface area contributed by atoms with E-state index in [1.54, 1.807) is 45.0 Å². The van der Waals surface area contributed by atoms with E-state index in [4.69, 9.17) is 4.74 Å². The summed E-state index contributed by atoms with van der Waals surface area (Å²) in [7, 11) is 0. The normalized spacial score (nSPS) is 11.0. The molecule has 0 aliphatic carbocycles. The van der Waals surface area contributed by atoms with Gasteiger partial charge in [-0.1, -0.05) is 42.5 Å². The van der Waals surface area contributed by atoms with Gasteiger partial charge >= 0.3 is 12.1 Å². The minimum absolute atomic E-state index is 0.261. The van der Waals surface area contributed by atoms with Crippen molar-refractivity contribution in [2.75, 3.05) is 0 Å². The summed E-state index contributed by atoms with van der Waals surface area (Å²) >= 11 is 0. The Labute approximate surface area is 141 Å². The van der Waals surface area contributed by atoms with E-state index < -0.39 is 17.7 Å². The molecule has 0 radical (unpaired) electrons. The van der Waals surface area contributed by atoms with Crippen LogP contribution in [0.3, 0.4) is 0 Å². The molecule has 0 aliphatic heterocycles. The van der Waals surface area contributed by atoms with Crippen molar-refractivity contribution in [2.24, 2.45) is 0 Å². The number of rotatable bonds is 4. The number of carbonyl (C=O) groups excluding carboxylic acids is 1. The molecule has 0 spiro atoms. The molecule has 2 rings (SSSR count). The predicted molar refractivity (Wildman–Crippen MR) is 91.9 cm³/mol. The summed E-state index contributed by atoms with van der Waals surface area (Å²) in [5.41, 5.74) is 2.11. The summed E-state index contributed by atoms with van der Waals surface area (Å²) in [5.74, 6) is -0.957. The Morgan fingerprint density at radius 2 is 1.67 bits per heavy atom. The minimum atomic E-state index is -0.957. The Morgan fingerprint density at radius 1 is 1.04 bits per heavy atom. The number of hydrogen-bond acceptors (Lipinski definition) is 3. The lowest BCUT2D eigenvalue weighted by molar-refractivity contribution is 0.0523. The first-order valence-electron chi connectivity index (χ1n) is 7.65. The molecule has 2 aromatic rings. The number of amides is 1. The number of carboxylic acids is 1. The van der Waals surface area contributed by atoms with Gasteiger partial charge in [-0.3, -0.25) is 0 Å². The molecular weight excluding hydrogens is 306 g/mol. The lowest BCUT2D eigenvalue weighted by Gasteiger charge is -2.19. The zero-order chi connectivity index (χ0) is 17.7. The molecule has 0 bridgehead atoms. The van der Waals surface area contributed by atoms with Crippen LogP contribution >= 0.6 is 0 Å². The quantitative estimate of drug-likeness (QED) is 0.887. The fraction of sp³-hybridized carbons (Fsp3) is 0.263. The zero-order valence-electron chi connectivity index (χ0n) is 14.0. The maximum Gasteiger partial charge on any atom is 0.407 e. The van der Waals surface area contributed by atoms with E-state index in [1.165, 1.54) is 0 Å². The van der Waals surface area contributed by atoms with Crippen LogP contribution in [0.2, 0.25) is 0 Å². The van der Waals surface area contributed by atoms with Crippen LogP contribution in [0.1, 0.15) is 36.7 Å². The summed E-state index contributed by atoms with van der Waals surface area (Å²) in [5, 5.41) is 11.9. The molecule has 0 aliphatic rings. The molecule has 0 aromatic heterocycles. The Bertz CT molecular complexity index is 730. The van der Waals surface area contributed by atoms with Gasteiger partial charge in [-0.25, -0.2) is 9.59 Å². The predicted octanol–water partition coefficient (Wildman–Crippen LogP) is 4.08. The molecule has 1 amide bonds. The zero-order valence-corrected chi connectivity index (χ0v) is 14.0. The molecule has 2 N–H and O–H groups in total. The van der Waals surface area contributed by atoms with Crippen molar-refractivity contribution in [3.63, 3.8) is 0 Å². The van der Waals surface area contributed by atoms with Crippen molar-refractivity contribution < 1.29 is 19.4 Å². The summed E-state index contributed by atoms with van der Waals surface area (Å²) in [6.07, 6.45) is -0.470. The van der Waals surface area contributed by atoms with Crippen LogP contribution in [0, 0.1) is 0 Å². The van der Waals surface area contributed by atoms with Gasteiger partial charge in [0.1, 0.15) is 5.60 Å². The first-order chi connectivity index (χ1) is 11.3. The number of hydrogen-bond donors (Lipinski definition) is 2. The molecule has 5 nitrogen and oxygen atoms in total. The Balaban J connectivity index is 2.07. The fourth-order valence-corrected chi connectivity index (χ4v) is 2.21. The van der Waals surface area contributed by atoms with E-state index in [2.05, 4.69) is 5.32 Å². The maximum absolute atomic E-state index is 11.6.